The summed E-state index contributed by atoms with van der Waals surface area (Å²) >= 11 is 16.8. The molecule has 0 heterocycles. The zero-order valence-corrected chi connectivity index (χ0v) is 13.0. The Morgan fingerprint density at radius 2 is 1.79 bits per heavy atom. The van der Waals surface area contributed by atoms with E-state index >= 15 is 0 Å². The van der Waals surface area contributed by atoms with Crippen LogP contribution in [0.4, 0.5) is 0 Å². The molecule has 0 unspecified atom stereocenters. The molecule has 6 heteroatoms. The van der Waals surface area contributed by atoms with Gasteiger partial charge in [-0.3, -0.25) is 9.80 Å². The minimum absolute atomic E-state index is 0.328. The van der Waals surface area contributed by atoms with Crippen molar-refractivity contribution in [3.05, 3.63) is 42.0 Å². The fourth-order valence-electron chi connectivity index (χ4n) is 1.43. The molecule has 1 aromatic rings. The van der Waals surface area contributed by atoms with Crippen molar-refractivity contribution in [1.82, 2.24) is 10.0 Å². The summed E-state index contributed by atoms with van der Waals surface area (Å²) in [5.41, 5.74) is 1.04. The molecule has 0 saturated carbocycles. The van der Waals surface area contributed by atoms with Crippen LogP contribution in [0.5, 0.6) is 0 Å². The van der Waals surface area contributed by atoms with Crippen molar-refractivity contribution < 1.29 is 4.79 Å². The molecule has 0 radical (unpaired) electrons. The van der Waals surface area contributed by atoms with E-state index in [9.17, 15) is 4.79 Å². The highest BCUT2D eigenvalue weighted by Gasteiger charge is 2.35. The van der Waals surface area contributed by atoms with E-state index in [0.717, 1.165) is 5.56 Å². The lowest BCUT2D eigenvalue weighted by molar-refractivity contribution is -0.142. The molecule has 0 fully saturated rings. The number of hydrogen-bond acceptors (Lipinski definition) is 2. The van der Waals surface area contributed by atoms with Gasteiger partial charge >= 0.3 is 0 Å². The Balaban J connectivity index is 2.71. The van der Waals surface area contributed by atoms with Gasteiger partial charge in [0.15, 0.2) is 0 Å². The fourth-order valence-corrected chi connectivity index (χ4v) is 1.72. The predicted octanol–water partition coefficient (Wildman–Crippen LogP) is 3.38. The van der Waals surface area contributed by atoms with E-state index in [0.29, 0.717) is 6.54 Å². The summed E-state index contributed by atoms with van der Waals surface area (Å²) in [6, 6.07) is 9.75. The maximum absolute atomic E-state index is 11.9. The Morgan fingerprint density at radius 3 is 2.26 bits per heavy atom. The van der Waals surface area contributed by atoms with Gasteiger partial charge in [-0.1, -0.05) is 77.3 Å². The van der Waals surface area contributed by atoms with Gasteiger partial charge in [0.1, 0.15) is 0 Å². The standard InChI is InChI=1S/C13H15Cl3N2O/c1-17(2)18(12(19)13(14,15)16)10-6-9-11-7-4-3-5-8-11/h3-9H,10H2,1-2H3/b9-6+. The molecular formula is C13H15Cl3N2O. The number of benzene rings is 1. The summed E-state index contributed by atoms with van der Waals surface area (Å²) in [6.07, 6.45) is 3.74. The smallest absolute Gasteiger partial charge is 0.268 e. The van der Waals surface area contributed by atoms with E-state index in [4.69, 9.17) is 34.8 Å². The Morgan fingerprint density at radius 1 is 1.21 bits per heavy atom. The van der Waals surface area contributed by atoms with Gasteiger partial charge in [0.25, 0.3) is 9.70 Å². The van der Waals surface area contributed by atoms with Gasteiger partial charge in [0.2, 0.25) is 0 Å². The lowest BCUT2D eigenvalue weighted by Gasteiger charge is -2.30. The second-order valence-corrected chi connectivity index (χ2v) is 6.33. The molecule has 104 valence electrons. The minimum atomic E-state index is -1.95. The van der Waals surface area contributed by atoms with Gasteiger partial charge in [-0.25, -0.2) is 5.01 Å². The van der Waals surface area contributed by atoms with Crippen molar-refractivity contribution in [2.24, 2.45) is 0 Å². The van der Waals surface area contributed by atoms with E-state index in [1.807, 2.05) is 42.5 Å². The Labute approximate surface area is 128 Å². The van der Waals surface area contributed by atoms with Gasteiger partial charge in [-0.2, -0.15) is 0 Å². The largest absolute Gasteiger partial charge is 0.289 e. The third kappa shape index (κ3) is 5.41. The molecule has 0 aliphatic rings. The quantitative estimate of drug-likeness (QED) is 0.627. The van der Waals surface area contributed by atoms with Crippen molar-refractivity contribution in [2.75, 3.05) is 20.6 Å². The SMILES string of the molecule is CN(C)N(C/C=C/c1ccccc1)C(=O)C(Cl)(Cl)Cl. The van der Waals surface area contributed by atoms with Crippen LogP contribution < -0.4 is 0 Å². The van der Waals surface area contributed by atoms with Gasteiger partial charge in [0, 0.05) is 14.1 Å². The number of hydrogen-bond donors (Lipinski definition) is 0. The summed E-state index contributed by atoms with van der Waals surface area (Å²) < 4.78 is -1.95. The lowest BCUT2D eigenvalue weighted by Crippen LogP contribution is -2.47. The fraction of sp³-hybridized carbons (Fsp3) is 0.308. The molecule has 3 nitrogen and oxygen atoms in total. The molecule has 1 amide bonds. The van der Waals surface area contributed by atoms with E-state index in [-0.39, 0.29) is 0 Å². The van der Waals surface area contributed by atoms with E-state index in [1.165, 1.54) is 5.01 Å². The van der Waals surface area contributed by atoms with Crippen LogP contribution in [-0.4, -0.2) is 40.4 Å². The average molecular weight is 322 g/mol. The van der Waals surface area contributed by atoms with E-state index in [2.05, 4.69) is 0 Å². The Hall–Kier alpha value is -0.740. The normalized spacial score (nSPS) is 12.1. The highest BCUT2D eigenvalue weighted by Crippen LogP contribution is 2.28. The van der Waals surface area contributed by atoms with Crippen LogP contribution in [0, 0.1) is 0 Å². The number of carbonyl (C=O) groups is 1. The number of rotatable bonds is 4. The van der Waals surface area contributed by atoms with Crippen molar-refractivity contribution in [2.45, 2.75) is 3.79 Å². The summed E-state index contributed by atoms with van der Waals surface area (Å²) in [5, 5.41) is 2.94. The molecule has 0 aromatic heterocycles. The first-order valence-corrected chi connectivity index (χ1v) is 6.73. The number of hydrazine groups is 1. The lowest BCUT2D eigenvalue weighted by atomic mass is 10.2. The van der Waals surface area contributed by atoms with Crippen LogP contribution in [0.3, 0.4) is 0 Å². The minimum Gasteiger partial charge on any atom is -0.268 e. The van der Waals surface area contributed by atoms with Crippen LogP contribution in [-0.2, 0) is 4.79 Å². The molecule has 19 heavy (non-hydrogen) atoms. The predicted molar refractivity (Wildman–Crippen MR) is 81.2 cm³/mol. The van der Waals surface area contributed by atoms with Crippen molar-refractivity contribution in [3.63, 3.8) is 0 Å². The first-order chi connectivity index (χ1) is 8.82. The zero-order valence-electron chi connectivity index (χ0n) is 10.7. The molecule has 0 N–H and O–H groups in total. The van der Waals surface area contributed by atoms with Crippen LogP contribution >= 0.6 is 34.8 Å². The van der Waals surface area contributed by atoms with Crippen molar-refractivity contribution in [1.29, 1.82) is 0 Å². The monoisotopic (exact) mass is 320 g/mol. The molecule has 0 spiro atoms. The average Bonchev–Trinajstić information content (AvgIpc) is 2.33. The molecule has 0 aliphatic heterocycles. The van der Waals surface area contributed by atoms with Crippen LogP contribution in [0.1, 0.15) is 5.56 Å². The van der Waals surface area contributed by atoms with E-state index < -0.39 is 9.70 Å². The van der Waals surface area contributed by atoms with Crippen molar-refractivity contribution in [3.8, 4) is 0 Å². The first-order valence-electron chi connectivity index (χ1n) is 5.60. The Bertz CT molecular complexity index is 441. The summed E-state index contributed by atoms with van der Waals surface area (Å²) in [4.78, 5) is 11.9. The van der Waals surface area contributed by atoms with Crippen LogP contribution in [0.15, 0.2) is 36.4 Å². The zero-order chi connectivity index (χ0) is 14.5. The topological polar surface area (TPSA) is 23.6 Å². The first kappa shape index (κ1) is 16.3. The number of halogens is 3. The maximum atomic E-state index is 11.9. The van der Waals surface area contributed by atoms with Gasteiger partial charge in [-0.05, 0) is 5.56 Å². The number of nitrogens with zero attached hydrogens (tertiary/aromatic N) is 2. The van der Waals surface area contributed by atoms with Crippen LogP contribution in [0.25, 0.3) is 6.08 Å². The molecule has 1 aromatic carbocycles. The van der Waals surface area contributed by atoms with Crippen LogP contribution in [0.2, 0.25) is 0 Å². The molecule has 1 rings (SSSR count). The van der Waals surface area contributed by atoms with E-state index in [1.54, 1.807) is 19.1 Å². The molecule has 0 saturated heterocycles. The third-order valence-electron chi connectivity index (χ3n) is 2.35. The molecule has 0 aliphatic carbocycles. The second-order valence-electron chi connectivity index (χ2n) is 4.05. The Kier molecular flexibility index (Phi) is 6.14. The van der Waals surface area contributed by atoms with Gasteiger partial charge < -0.3 is 0 Å². The molecular weight excluding hydrogens is 307 g/mol. The third-order valence-corrected chi connectivity index (χ3v) is 2.83. The summed E-state index contributed by atoms with van der Waals surface area (Å²) in [7, 11) is 3.43. The highest BCUT2D eigenvalue weighted by atomic mass is 35.6. The molecule has 0 atom stereocenters. The maximum Gasteiger partial charge on any atom is 0.289 e. The van der Waals surface area contributed by atoms with Gasteiger partial charge in [0.05, 0.1) is 6.54 Å². The highest BCUT2D eigenvalue weighted by molar-refractivity contribution is 6.76. The summed E-state index contributed by atoms with van der Waals surface area (Å²) in [5.74, 6) is -0.583. The number of amides is 1. The van der Waals surface area contributed by atoms with Gasteiger partial charge in [-0.15, -0.1) is 0 Å². The number of carbonyl (C=O) groups excluding carboxylic acids is 1. The van der Waals surface area contributed by atoms with Crippen molar-refractivity contribution >= 4 is 46.8 Å². The summed E-state index contributed by atoms with van der Waals surface area (Å²) in [6.45, 7) is 0.328. The second kappa shape index (κ2) is 7.15. The number of alkyl halides is 3. The molecule has 0 bridgehead atoms.